The first-order chi connectivity index (χ1) is 9.61. The highest BCUT2D eigenvalue weighted by Gasteiger charge is 2.85. The van der Waals surface area contributed by atoms with Gasteiger partial charge in [0.2, 0.25) is 9.84 Å². The second-order valence-corrected chi connectivity index (χ2v) is 7.24. The Morgan fingerprint density at radius 3 is 1.45 bits per heavy atom. The monoisotopic (exact) mass is 366 g/mol. The first-order valence-corrected chi connectivity index (χ1v) is 7.59. The third kappa shape index (κ3) is 2.67. The van der Waals surface area contributed by atoms with Gasteiger partial charge in [0.25, 0.3) is 0 Å². The number of rotatable bonds is 4. The second-order valence-electron chi connectivity index (χ2n) is 4.97. The van der Waals surface area contributed by atoms with Crippen molar-refractivity contribution in [1.29, 1.82) is 0 Å². The van der Waals surface area contributed by atoms with E-state index in [0.29, 0.717) is 6.42 Å². The molecule has 0 amide bonds. The molecular weight excluding hydrogens is 355 g/mol. The fourth-order valence-electron chi connectivity index (χ4n) is 2.12. The third-order valence-electron chi connectivity index (χ3n) is 3.46. The average Bonchev–Trinajstić information content (AvgIpc) is 2.37. The van der Waals surface area contributed by atoms with Crippen molar-refractivity contribution < 1.29 is 47.9 Å². The van der Waals surface area contributed by atoms with Crippen molar-refractivity contribution in [2.75, 3.05) is 0 Å². The van der Waals surface area contributed by atoms with Crippen LogP contribution in [0.1, 0.15) is 32.1 Å². The van der Waals surface area contributed by atoms with Crippen LogP contribution in [0, 0.1) is 0 Å². The molecule has 2 nitrogen and oxygen atoms in total. The highest BCUT2D eigenvalue weighted by molar-refractivity contribution is 7.93. The van der Waals surface area contributed by atoms with Gasteiger partial charge in [-0.2, -0.15) is 39.5 Å². The topological polar surface area (TPSA) is 34.1 Å². The number of alkyl halides is 9. The molecule has 0 spiro atoms. The highest BCUT2D eigenvalue weighted by atomic mass is 32.2. The lowest BCUT2D eigenvalue weighted by Gasteiger charge is -2.35. The quantitative estimate of drug-likeness (QED) is 0.701. The van der Waals surface area contributed by atoms with E-state index >= 15 is 0 Å². The van der Waals surface area contributed by atoms with E-state index in [4.69, 9.17) is 0 Å². The Hall–Kier alpha value is -0.680. The molecule has 0 radical (unpaired) electrons. The van der Waals surface area contributed by atoms with Crippen molar-refractivity contribution in [3.8, 4) is 0 Å². The Morgan fingerprint density at radius 2 is 1.09 bits per heavy atom. The zero-order chi connectivity index (χ0) is 17.6. The normalized spacial score (nSPS) is 20.2. The van der Waals surface area contributed by atoms with E-state index in [-0.39, 0.29) is 12.8 Å². The van der Waals surface area contributed by atoms with Crippen LogP contribution in [-0.4, -0.2) is 36.9 Å². The first kappa shape index (κ1) is 19.4. The molecule has 0 heterocycles. The minimum absolute atomic E-state index is 0.0706. The van der Waals surface area contributed by atoms with Crippen LogP contribution in [-0.2, 0) is 9.84 Å². The number of hydrogen-bond donors (Lipinski definition) is 0. The second kappa shape index (κ2) is 5.45. The molecule has 1 rings (SSSR count). The van der Waals surface area contributed by atoms with E-state index in [0.717, 1.165) is 0 Å². The zero-order valence-corrected chi connectivity index (χ0v) is 11.6. The van der Waals surface area contributed by atoms with E-state index < -0.39 is 51.2 Å². The largest absolute Gasteiger partial charge is 0.460 e. The Labute approximate surface area is 119 Å². The summed E-state index contributed by atoms with van der Waals surface area (Å²) in [4.78, 5) is 0. The molecule has 0 N–H and O–H groups in total. The Morgan fingerprint density at radius 1 is 0.682 bits per heavy atom. The van der Waals surface area contributed by atoms with Gasteiger partial charge in [0.05, 0.1) is 5.25 Å². The van der Waals surface area contributed by atoms with E-state index in [1.54, 1.807) is 0 Å². The molecule has 1 aliphatic rings. The summed E-state index contributed by atoms with van der Waals surface area (Å²) in [7, 11) is -6.23. The van der Waals surface area contributed by atoms with Crippen molar-refractivity contribution in [3.05, 3.63) is 0 Å². The summed E-state index contributed by atoms with van der Waals surface area (Å²) in [6, 6.07) is 0. The molecule has 0 aromatic heterocycles. The Balaban J connectivity index is 3.31. The maximum Gasteiger partial charge on any atom is 0.460 e. The van der Waals surface area contributed by atoms with Gasteiger partial charge in [-0.15, -0.1) is 0 Å². The lowest BCUT2D eigenvalue weighted by atomic mass is 10.0. The molecule has 1 aliphatic carbocycles. The molecule has 1 saturated carbocycles. The van der Waals surface area contributed by atoms with Crippen molar-refractivity contribution >= 4 is 9.84 Å². The SMILES string of the molecule is O=S(=O)(C1CCCCC1)C(F)(F)C(F)(F)C(F)(F)C(F)(F)F. The third-order valence-corrected chi connectivity index (χ3v) is 5.78. The smallest absolute Gasteiger partial charge is 0.222 e. The van der Waals surface area contributed by atoms with Gasteiger partial charge in [-0.05, 0) is 12.8 Å². The van der Waals surface area contributed by atoms with Gasteiger partial charge in [-0.25, -0.2) is 8.42 Å². The van der Waals surface area contributed by atoms with Crippen LogP contribution in [0.2, 0.25) is 0 Å². The molecule has 0 bridgehead atoms. The molecule has 0 aromatic carbocycles. The van der Waals surface area contributed by atoms with Gasteiger partial charge in [0.1, 0.15) is 0 Å². The lowest BCUT2D eigenvalue weighted by molar-refractivity contribution is -0.382. The van der Waals surface area contributed by atoms with Crippen molar-refractivity contribution in [1.82, 2.24) is 0 Å². The van der Waals surface area contributed by atoms with Gasteiger partial charge >= 0.3 is 23.3 Å². The van der Waals surface area contributed by atoms with Gasteiger partial charge in [-0.3, -0.25) is 0 Å². The van der Waals surface area contributed by atoms with E-state index in [1.807, 2.05) is 0 Å². The summed E-state index contributed by atoms with van der Waals surface area (Å²) >= 11 is 0. The van der Waals surface area contributed by atoms with E-state index in [2.05, 4.69) is 0 Å². The summed E-state index contributed by atoms with van der Waals surface area (Å²) in [5.74, 6) is -14.3. The molecular formula is C10H11F9O2S. The van der Waals surface area contributed by atoms with Crippen LogP contribution in [0.25, 0.3) is 0 Å². The summed E-state index contributed by atoms with van der Waals surface area (Å²) in [5.41, 5.74) is 0. The highest BCUT2D eigenvalue weighted by Crippen LogP contribution is 2.55. The summed E-state index contributed by atoms with van der Waals surface area (Å²) < 4.78 is 137. The predicted molar refractivity (Wildman–Crippen MR) is 56.7 cm³/mol. The number of hydrogen-bond acceptors (Lipinski definition) is 2. The summed E-state index contributed by atoms with van der Waals surface area (Å²) in [5, 5.41) is -8.62. The van der Waals surface area contributed by atoms with Crippen molar-refractivity contribution in [3.63, 3.8) is 0 Å². The average molecular weight is 366 g/mol. The Kier molecular flexibility index (Phi) is 4.79. The fraction of sp³-hybridized carbons (Fsp3) is 1.00. The van der Waals surface area contributed by atoms with Crippen LogP contribution in [0.5, 0.6) is 0 Å². The minimum atomic E-state index is -7.19. The van der Waals surface area contributed by atoms with E-state index in [9.17, 15) is 47.9 Å². The Bertz CT molecular complexity index is 503. The molecule has 132 valence electrons. The van der Waals surface area contributed by atoms with Crippen LogP contribution in [0.3, 0.4) is 0 Å². The zero-order valence-electron chi connectivity index (χ0n) is 10.7. The van der Waals surface area contributed by atoms with Crippen molar-refractivity contribution in [2.45, 2.75) is 60.6 Å². The maximum atomic E-state index is 13.5. The van der Waals surface area contributed by atoms with Crippen LogP contribution in [0.15, 0.2) is 0 Å². The molecule has 0 saturated heterocycles. The molecule has 0 aromatic rings. The molecule has 22 heavy (non-hydrogen) atoms. The van der Waals surface area contributed by atoms with Gasteiger partial charge < -0.3 is 0 Å². The minimum Gasteiger partial charge on any atom is -0.222 e. The maximum absolute atomic E-state index is 13.5. The number of halogens is 9. The van der Waals surface area contributed by atoms with Crippen LogP contribution in [0.4, 0.5) is 39.5 Å². The molecule has 1 fully saturated rings. The molecule has 0 aliphatic heterocycles. The standard InChI is InChI=1S/C10H11F9O2S/c11-7(12,9(15,16)17)8(13,14)10(18,19)22(20,21)6-4-2-1-3-5-6/h6H,1-5H2. The van der Waals surface area contributed by atoms with Crippen LogP contribution < -0.4 is 0 Å². The van der Waals surface area contributed by atoms with Crippen LogP contribution >= 0.6 is 0 Å². The predicted octanol–water partition coefficient (Wildman–Crippen LogP) is 4.16. The molecule has 12 heteroatoms. The summed E-state index contributed by atoms with van der Waals surface area (Å²) in [6.07, 6.45) is -7.45. The number of sulfone groups is 1. The van der Waals surface area contributed by atoms with Gasteiger partial charge in [-0.1, -0.05) is 19.3 Å². The van der Waals surface area contributed by atoms with Gasteiger partial charge in [0, 0.05) is 0 Å². The summed E-state index contributed by atoms with van der Waals surface area (Å²) in [6.45, 7) is 0. The molecule has 0 atom stereocenters. The van der Waals surface area contributed by atoms with E-state index in [1.165, 1.54) is 0 Å². The lowest BCUT2D eigenvalue weighted by Crippen LogP contribution is -2.64. The fourth-order valence-corrected chi connectivity index (χ4v) is 3.98. The van der Waals surface area contributed by atoms with Crippen molar-refractivity contribution in [2.24, 2.45) is 0 Å². The molecule has 0 unspecified atom stereocenters. The first-order valence-electron chi connectivity index (χ1n) is 6.04. The van der Waals surface area contributed by atoms with Gasteiger partial charge in [0.15, 0.2) is 0 Å².